The molecule has 0 radical (unpaired) electrons. The number of aromatic amines is 1. The Morgan fingerprint density at radius 2 is 2.32 bits per heavy atom. The molecule has 2 heterocycles. The molecule has 0 amide bonds. The highest BCUT2D eigenvalue weighted by Gasteiger charge is 2.11. The summed E-state index contributed by atoms with van der Waals surface area (Å²) in [5.41, 5.74) is 3.64. The number of aromatic nitrogens is 3. The fourth-order valence-corrected chi connectivity index (χ4v) is 2.53. The Balaban J connectivity index is 2.40. The summed E-state index contributed by atoms with van der Waals surface area (Å²) in [7, 11) is 0. The average Bonchev–Trinajstić information content (AvgIpc) is 2.80. The summed E-state index contributed by atoms with van der Waals surface area (Å²) in [6.07, 6.45) is 5.56. The van der Waals surface area contributed by atoms with Gasteiger partial charge in [-0.2, -0.15) is 0 Å². The molecule has 0 saturated heterocycles. The van der Waals surface area contributed by atoms with Gasteiger partial charge in [-0.05, 0) is 30.4 Å². The second kappa shape index (κ2) is 5.89. The fourth-order valence-electron chi connectivity index (χ4n) is 1.75. The predicted molar refractivity (Wildman–Crippen MR) is 84.1 cm³/mol. The quantitative estimate of drug-likeness (QED) is 0.832. The van der Waals surface area contributed by atoms with Gasteiger partial charge in [-0.3, -0.25) is 0 Å². The van der Waals surface area contributed by atoms with Crippen LogP contribution >= 0.6 is 11.8 Å². The number of aryl methyl sites for hydroxylation is 1. The fraction of sp³-hybridized carbons (Fsp3) is 0.200. The summed E-state index contributed by atoms with van der Waals surface area (Å²) in [5, 5.41) is 0. The molecular formula is C15H17N3S. The maximum Gasteiger partial charge on any atom is 0.157 e. The highest BCUT2D eigenvalue weighted by Crippen LogP contribution is 2.29. The number of imidazole rings is 1. The number of fused-ring (bicyclic) bond motifs is 1. The van der Waals surface area contributed by atoms with Crippen molar-refractivity contribution in [1.82, 2.24) is 15.0 Å². The first-order chi connectivity index (χ1) is 9.15. The smallest absolute Gasteiger partial charge is 0.157 e. The van der Waals surface area contributed by atoms with Gasteiger partial charge < -0.3 is 4.98 Å². The Labute approximate surface area is 117 Å². The summed E-state index contributed by atoms with van der Waals surface area (Å²) in [4.78, 5) is 13.2. The van der Waals surface area contributed by atoms with Crippen LogP contribution in [0.4, 0.5) is 0 Å². The molecule has 2 aromatic rings. The summed E-state index contributed by atoms with van der Waals surface area (Å²) in [6.45, 7) is 12.0. The highest BCUT2D eigenvalue weighted by atomic mass is 32.2. The number of thioether (sulfide) groups is 1. The van der Waals surface area contributed by atoms with Gasteiger partial charge in [0.2, 0.25) is 0 Å². The zero-order valence-corrected chi connectivity index (χ0v) is 12.0. The van der Waals surface area contributed by atoms with Gasteiger partial charge >= 0.3 is 0 Å². The molecule has 2 aromatic heterocycles. The molecule has 3 nitrogen and oxygen atoms in total. The van der Waals surface area contributed by atoms with Gasteiger partial charge in [0.1, 0.15) is 11.3 Å². The second-order valence-electron chi connectivity index (χ2n) is 4.14. The van der Waals surface area contributed by atoms with E-state index in [0.29, 0.717) is 0 Å². The second-order valence-corrected chi connectivity index (χ2v) is 5.45. The Hall–Kier alpha value is -1.81. The monoisotopic (exact) mass is 271 g/mol. The molecule has 0 atom stereocenters. The number of nitrogens with zero attached hydrogens (tertiary/aromatic N) is 2. The minimum Gasteiger partial charge on any atom is -0.323 e. The third-order valence-electron chi connectivity index (χ3n) is 2.63. The van der Waals surface area contributed by atoms with Crippen molar-refractivity contribution in [2.75, 3.05) is 5.75 Å². The zero-order valence-electron chi connectivity index (χ0n) is 11.2. The first-order valence-corrected chi connectivity index (χ1v) is 7.11. The molecular weight excluding hydrogens is 254 g/mol. The standard InChI is InChI=1S/C15H17N3S/c1-5-7-13(19-6-2)11(4)14-17-12-8-10(3)9-16-15(12)18-14/h5,7-9H,1,4,6H2,2-3H3,(H,16,17,18)/b13-7+. The Kier molecular flexibility index (Phi) is 4.22. The molecule has 2 rings (SSSR count). The lowest BCUT2D eigenvalue weighted by molar-refractivity contribution is 1.24. The van der Waals surface area contributed by atoms with E-state index in [4.69, 9.17) is 0 Å². The van der Waals surface area contributed by atoms with Crippen molar-refractivity contribution < 1.29 is 0 Å². The number of rotatable bonds is 5. The average molecular weight is 271 g/mol. The van der Waals surface area contributed by atoms with Crippen molar-refractivity contribution in [3.8, 4) is 0 Å². The third-order valence-corrected chi connectivity index (χ3v) is 3.61. The van der Waals surface area contributed by atoms with Crippen molar-refractivity contribution in [2.24, 2.45) is 0 Å². The van der Waals surface area contributed by atoms with E-state index in [2.05, 4.69) is 35.0 Å². The first kappa shape index (κ1) is 13.6. The number of hydrogen-bond donors (Lipinski definition) is 1. The van der Waals surface area contributed by atoms with E-state index in [1.807, 2.05) is 25.3 Å². The predicted octanol–water partition coefficient (Wildman–Crippen LogP) is 4.10. The molecule has 0 saturated carbocycles. The lowest BCUT2D eigenvalue weighted by Gasteiger charge is -2.05. The van der Waals surface area contributed by atoms with Gasteiger partial charge in [0.05, 0.1) is 0 Å². The van der Waals surface area contributed by atoms with E-state index < -0.39 is 0 Å². The van der Waals surface area contributed by atoms with Crippen LogP contribution in [0.15, 0.2) is 42.5 Å². The molecule has 0 aromatic carbocycles. The van der Waals surface area contributed by atoms with Crippen LogP contribution in [0.25, 0.3) is 16.7 Å². The Morgan fingerprint density at radius 3 is 3.00 bits per heavy atom. The van der Waals surface area contributed by atoms with Crippen molar-refractivity contribution in [1.29, 1.82) is 0 Å². The minimum absolute atomic E-state index is 0.766. The van der Waals surface area contributed by atoms with E-state index in [0.717, 1.165) is 38.8 Å². The zero-order chi connectivity index (χ0) is 13.8. The van der Waals surface area contributed by atoms with Crippen LogP contribution in [-0.2, 0) is 0 Å². The molecule has 0 bridgehead atoms. The van der Waals surface area contributed by atoms with Gasteiger partial charge in [-0.1, -0.05) is 26.2 Å². The first-order valence-electron chi connectivity index (χ1n) is 6.13. The summed E-state index contributed by atoms with van der Waals surface area (Å²) in [6, 6.07) is 2.01. The van der Waals surface area contributed by atoms with Crippen LogP contribution in [0.1, 0.15) is 18.3 Å². The van der Waals surface area contributed by atoms with Gasteiger partial charge in [-0.25, -0.2) is 9.97 Å². The third kappa shape index (κ3) is 2.96. The van der Waals surface area contributed by atoms with E-state index in [9.17, 15) is 0 Å². The van der Waals surface area contributed by atoms with E-state index >= 15 is 0 Å². The number of H-pyrrole nitrogens is 1. The Bertz CT molecular complexity index is 652. The normalized spacial score (nSPS) is 11.8. The molecule has 0 fully saturated rings. The Morgan fingerprint density at radius 1 is 1.53 bits per heavy atom. The molecule has 0 spiro atoms. The molecule has 1 N–H and O–H groups in total. The summed E-state index contributed by atoms with van der Waals surface area (Å²) in [5.74, 6) is 1.75. The van der Waals surface area contributed by atoms with Crippen LogP contribution in [0.3, 0.4) is 0 Å². The maximum absolute atomic E-state index is 4.55. The van der Waals surface area contributed by atoms with Crippen LogP contribution in [0.2, 0.25) is 0 Å². The van der Waals surface area contributed by atoms with E-state index in [1.165, 1.54) is 0 Å². The van der Waals surface area contributed by atoms with Crippen molar-refractivity contribution >= 4 is 28.5 Å². The van der Waals surface area contributed by atoms with Gasteiger partial charge in [-0.15, -0.1) is 11.8 Å². The topological polar surface area (TPSA) is 41.6 Å². The number of pyridine rings is 1. The number of allylic oxidation sites excluding steroid dienone is 3. The molecule has 98 valence electrons. The SMILES string of the molecule is C=C/C=C(/SCC)C(=C)c1nc2cc(C)cnc2[nH]1. The van der Waals surface area contributed by atoms with Crippen LogP contribution in [0, 0.1) is 6.92 Å². The lowest BCUT2D eigenvalue weighted by Crippen LogP contribution is -1.88. The van der Waals surface area contributed by atoms with Gasteiger partial charge in [0, 0.05) is 16.7 Å². The summed E-state index contributed by atoms with van der Waals surface area (Å²) < 4.78 is 0. The molecule has 19 heavy (non-hydrogen) atoms. The van der Waals surface area contributed by atoms with Gasteiger partial charge in [0.15, 0.2) is 5.65 Å². The van der Waals surface area contributed by atoms with Crippen molar-refractivity contribution in [3.05, 3.63) is 53.9 Å². The molecule has 0 aliphatic rings. The van der Waals surface area contributed by atoms with Gasteiger partial charge in [0.25, 0.3) is 0 Å². The van der Waals surface area contributed by atoms with E-state index in [1.54, 1.807) is 17.8 Å². The maximum atomic E-state index is 4.55. The van der Waals surface area contributed by atoms with Crippen molar-refractivity contribution in [3.63, 3.8) is 0 Å². The number of hydrogen-bond acceptors (Lipinski definition) is 3. The summed E-state index contributed by atoms with van der Waals surface area (Å²) >= 11 is 1.73. The van der Waals surface area contributed by atoms with E-state index in [-0.39, 0.29) is 0 Å². The minimum atomic E-state index is 0.766. The van der Waals surface area contributed by atoms with Crippen LogP contribution < -0.4 is 0 Å². The molecule has 0 unspecified atom stereocenters. The molecule has 0 aliphatic heterocycles. The number of nitrogens with one attached hydrogen (secondary N) is 1. The van der Waals surface area contributed by atoms with Crippen LogP contribution in [0.5, 0.6) is 0 Å². The van der Waals surface area contributed by atoms with Crippen LogP contribution in [-0.4, -0.2) is 20.7 Å². The molecule has 0 aliphatic carbocycles. The largest absolute Gasteiger partial charge is 0.323 e. The lowest BCUT2D eigenvalue weighted by atomic mass is 10.2. The molecule has 4 heteroatoms. The van der Waals surface area contributed by atoms with Crippen molar-refractivity contribution in [2.45, 2.75) is 13.8 Å². The highest BCUT2D eigenvalue weighted by molar-refractivity contribution is 8.03.